The molecule has 1 saturated carbocycles. The van der Waals surface area contributed by atoms with E-state index in [1.165, 1.54) is 18.7 Å². The van der Waals surface area contributed by atoms with Crippen LogP contribution in [-0.4, -0.2) is 128 Å². The molecule has 8 unspecified atom stereocenters. The molecule has 51 heavy (non-hydrogen) atoms. The van der Waals surface area contributed by atoms with Crippen molar-refractivity contribution in [2.24, 2.45) is 17.3 Å². The number of amides is 1. The number of aliphatic hydroxyl groups excluding tert-OH is 2. The van der Waals surface area contributed by atoms with E-state index in [1.54, 1.807) is 4.90 Å². The average Bonchev–Trinajstić information content (AvgIpc) is 3.03. The molecule has 1 aromatic rings. The number of Topliss-reactive ketones (excluding diaryl/α,β-unsaturated/α-hetero) is 2. The molecule has 290 valence electrons. The van der Waals surface area contributed by atoms with E-state index in [0.29, 0.717) is 19.5 Å². The van der Waals surface area contributed by atoms with Gasteiger partial charge in [-0.25, -0.2) is 0 Å². The number of piperidine rings is 1. The number of ketones is 2. The number of nitrogens with one attached hydrogen (secondary N) is 1. The minimum Gasteiger partial charge on any atom is -0.505 e. The lowest BCUT2D eigenvalue weighted by Crippen LogP contribution is -2.69. The molecule has 2 fully saturated rings. The molecular formula is C32H45F7N4O8. The molecule has 1 saturated heterocycles. The summed E-state index contributed by atoms with van der Waals surface area (Å²) in [5, 5.41) is 56.6. The van der Waals surface area contributed by atoms with Crippen LogP contribution in [0.3, 0.4) is 0 Å². The normalized spacial score (nSPS) is 27.9. The molecule has 6 N–H and O–H groups in total. The zero-order valence-electron chi connectivity index (χ0n) is 28.9. The Morgan fingerprint density at radius 2 is 1.67 bits per heavy atom. The number of alkyl halides is 6. The highest BCUT2D eigenvalue weighted by Crippen LogP contribution is 2.53. The van der Waals surface area contributed by atoms with Crippen molar-refractivity contribution in [2.75, 3.05) is 33.2 Å². The molecule has 8 atom stereocenters. The van der Waals surface area contributed by atoms with Gasteiger partial charge >= 0.3 is 12.4 Å². The van der Waals surface area contributed by atoms with E-state index in [0.717, 1.165) is 18.9 Å². The van der Waals surface area contributed by atoms with Crippen LogP contribution in [0.25, 0.3) is 0 Å². The Morgan fingerprint density at radius 3 is 2.18 bits per heavy atom. The number of phenolic OH excluding ortho intramolecular Hbond substituents is 3. The maximum Gasteiger partial charge on any atom is 0.403 e. The molecule has 1 heterocycles. The van der Waals surface area contributed by atoms with Gasteiger partial charge in [0.25, 0.3) is 0 Å². The summed E-state index contributed by atoms with van der Waals surface area (Å²) >= 11 is 0. The second-order valence-electron chi connectivity index (χ2n) is 13.5. The van der Waals surface area contributed by atoms with Gasteiger partial charge in [0, 0.05) is 62.4 Å². The predicted octanol–water partition coefficient (Wildman–Crippen LogP) is 3.08. The van der Waals surface area contributed by atoms with Crippen LogP contribution in [0.5, 0.6) is 17.2 Å². The Morgan fingerprint density at radius 1 is 1.08 bits per heavy atom. The van der Waals surface area contributed by atoms with Gasteiger partial charge in [0.05, 0.1) is 12.0 Å². The lowest BCUT2D eigenvalue weighted by atomic mass is 9.60. The van der Waals surface area contributed by atoms with Gasteiger partial charge in [0.15, 0.2) is 35.2 Å². The molecule has 3 rings (SSSR count). The molecule has 1 aromatic carbocycles. The highest BCUT2D eigenvalue weighted by molar-refractivity contribution is 6.10. The molecule has 12 nitrogen and oxygen atoms in total. The first-order chi connectivity index (χ1) is 23.4. The molecule has 0 radical (unpaired) electrons. The second-order valence-corrected chi connectivity index (χ2v) is 13.5. The summed E-state index contributed by atoms with van der Waals surface area (Å²) in [6, 6.07) is -3.50. The number of hydrogen-bond donors (Lipinski definition) is 6. The minimum absolute atomic E-state index is 0.0399. The van der Waals surface area contributed by atoms with Crippen molar-refractivity contribution in [1.29, 1.82) is 0 Å². The highest BCUT2D eigenvalue weighted by atomic mass is 19.4. The maximum atomic E-state index is 14.5. The lowest BCUT2D eigenvalue weighted by Gasteiger charge is -2.50. The second kappa shape index (κ2) is 15.4. The first-order valence-corrected chi connectivity index (χ1v) is 16.3. The molecule has 0 spiro atoms. The lowest BCUT2D eigenvalue weighted by molar-refractivity contribution is -0.279. The van der Waals surface area contributed by atoms with Gasteiger partial charge in [0.2, 0.25) is 11.7 Å². The van der Waals surface area contributed by atoms with Crippen LogP contribution in [-0.2, 0) is 14.4 Å². The summed E-state index contributed by atoms with van der Waals surface area (Å²) in [4.78, 5) is 42.1. The van der Waals surface area contributed by atoms with Gasteiger partial charge < -0.3 is 35.7 Å². The van der Waals surface area contributed by atoms with Crippen LogP contribution in [0.4, 0.5) is 30.7 Å². The first kappa shape index (κ1) is 42.2. The van der Waals surface area contributed by atoms with Gasteiger partial charge in [0.1, 0.15) is 11.3 Å². The number of carbonyl (C=O) groups is 3. The van der Waals surface area contributed by atoms with Crippen molar-refractivity contribution in [3.8, 4) is 17.2 Å². The van der Waals surface area contributed by atoms with E-state index in [-0.39, 0.29) is 49.9 Å². The Labute approximate surface area is 289 Å². The maximum absolute atomic E-state index is 14.5. The summed E-state index contributed by atoms with van der Waals surface area (Å²) in [7, 11) is 1.03. The summed E-state index contributed by atoms with van der Waals surface area (Å²) < 4.78 is 99.1. The summed E-state index contributed by atoms with van der Waals surface area (Å²) in [6.45, 7) is 6.53. The quantitative estimate of drug-likeness (QED) is 0.0646. The van der Waals surface area contributed by atoms with E-state index in [9.17, 15) is 70.6 Å². The Bertz CT molecular complexity index is 1450. The molecule has 2 aliphatic rings. The number of likely N-dealkylation sites (tertiary alicyclic amines) is 1. The fourth-order valence-corrected chi connectivity index (χ4v) is 7.11. The largest absolute Gasteiger partial charge is 0.505 e. The van der Waals surface area contributed by atoms with Gasteiger partial charge in [-0.1, -0.05) is 6.92 Å². The number of carbonyl (C=O) groups excluding carboxylic acids is 3. The monoisotopic (exact) mass is 746 g/mol. The number of aliphatic hydroxyl groups is 2. The summed E-state index contributed by atoms with van der Waals surface area (Å²) in [5.74, 6) is -15.3. The molecule has 1 amide bonds. The zero-order chi connectivity index (χ0) is 39.1. The standard InChI is InChI=1S/C32H45F7N4O8/c1-7-10-42(16(4)44)12-9-40-17-8-11-43(18(13-17)19-14(2)23(45)22(33)26(48)25(19)47)29(51)41(6)15(3)20-24(46)21(31(34,35)36)28(50)30(5,27(20)49)32(37,38)39/h15,17-18,20-21,28-29,40,45,47-48,50-51H,7-13H2,1-6H3. The number of nitrogens with zero attached hydrogens (tertiary/aromatic N) is 3. The van der Waals surface area contributed by atoms with Crippen molar-refractivity contribution in [2.45, 2.75) is 96.8 Å². The van der Waals surface area contributed by atoms with Crippen molar-refractivity contribution in [3.63, 3.8) is 0 Å². The summed E-state index contributed by atoms with van der Waals surface area (Å²) in [6.07, 6.45) is -16.0. The number of rotatable bonds is 11. The van der Waals surface area contributed by atoms with Crippen LogP contribution < -0.4 is 5.32 Å². The van der Waals surface area contributed by atoms with E-state index >= 15 is 0 Å². The Hall–Kier alpha value is -3.26. The number of halogens is 7. The molecule has 0 aromatic heterocycles. The number of benzene rings is 1. The van der Waals surface area contributed by atoms with Crippen molar-refractivity contribution in [3.05, 3.63) is 16.9 Å². The van der Waals surface area contributed by atoms with E-state index < -0.39 is 94.8 Å². The van der Waals surface area contributed by atoms with Gasteiger partial charge in [-0.2, -0.15) is 30.7 Å². The van der Waals surface area contributed by atoms with Crippen LogP contribution in [0, 0.1) is 30.0 Å². The molecular weight excluding hydrogens is 701 g/mol. The Balaban J connectivity index is 2.03. The molecule has 0 bridgehead atoms. The smallest absolute Gasteiger partial charge is 0.403 e. The van der Waals surface area contributed by atoms with Gasteiger partial charge in [-0.15, -0.1) is 0 Å². The molecule has 1 aliphatic carbocycles. The average molecular weight is 747 g/mol. The number of phenols is 3. The van der Waals surface area contributed by atoms with E-state index in [4.69, 9.17) is 0 Å². The van der Waals surface area contributed by atoms with Crippen molar-refractivity contribution in [1.82, 2.24) is 20.0 Å². The third-order valence-corrected chi connectivity index (χ3v) is 10.4. The highest BCUT2D eigenvalue weighted by Gasteiger charge is 2.73. The van der Waals surface area contributed by atoms with Crippen molar-refractivity contribution < 1.29 is 70.6 Å². The summed E-state index contributed by atoms with van der Waals surface area (Å²) in [5.41, 5.74) is -4.52. The van der Waals surface area contributed by atoms with E-state index in [2.05, 4.69) is 5.32 Å². The van der Waals surface area contributed by atoms with Crippen molar-refractivity contribution >= 4 is 17.5 Å². The topological polar surface area (TPSA) is 174 Å². The third-order valence-electron chi connectivity index (χ3n) is 10.4. The van der Waals surface area contributed by atoms with Crippen LogP contribution in [0.15, 0.2) is 0 Å². The van der Waals surface area contributed by atoms with Crippen LogP contribution in [0.1, 0.15) is 64.1 Å². The minimum atomic E-state index is -5.71. The number of aromatic hydroxyl groups is 3. The van der Waals surface area contributed by atoms with Crippen LogP contribution >= 0.6 is 0 Å². The molecule has 1 aliphatic heterocycles. The first-order valence-electron chi connectivity index (χ1n) is 16.3. The fourth-order valence-electron chi connectivity index (χ4n) is 7.11. The van der Waals surface area contributed by atoms with Crippen LogP contribution in [0.2, 0.25) is 0 Å². The van der Waals surface area contributed by atoms with Gasteiger partial charge in [-0.3, -0.25) is 24.2 Å². The number of hydrogen-bond acceptors (Lipinski definition) is 11. The molecule has 19 heteroatoms. The fraction of sp³-hybridized carbons (Fsp3) is 0.719. The van der Waals surface area contributed by atoms with Gasteiger partial charge in [-0.05, 0) is 47.1 Å². The zero-order valence-corrected chi connectivity index (χ0v) is 28.9. The third kappa shape index (κ3) is 7.77. The van der Waals surface area contributed by atoms with E-state index in [1.807, 2.05) is 6.92 Å². The predicted molar refractivity (Wildman–Crippen MR) is 166 cm³/mol. The Kier molecular flexibility index (Phi) is 12.7. The SMILES string of the molecule is CCCN(CCNC1CCN(C(O)N(C)C(C)C2C(=O)C(C(F)(F)F)C(O)C(C)(C(F)(F)F)C2=O)C(c2c(C)c(O)c(F)c(O)c2O)C1)C(C)=O.